The number of rotatable bonds is 5. The Labute approximate surface area is 225 Å². The molecule has 1 saturated heterocycles. The Bertz CT molecular complexity index is 1610. The molecule has 6 rings (SSSR count). The van der Waals surface area contributed by atoms with Crippen molar-refractivity contribution in [3.05, 3.63) is 80.8 Å². The van der Waals surface area contributed by atoms with E-state index in [1.54, 1.807) is 29.9 Å². The van der Waals surface area contributed by atoms with Crippen molar-refractivity contribution in [3.63, 3.8) is 0 Å². The van der Waals surface area contributed by atoms with Gasteiger partial charge in [-0.15, -0.1) is 11.3 Å². The summed E-state index contributed by atoms with van der Waals surface area (Å²) in [5.74, 6) is 0.350. The van der Waals surface area contributed by atoms with Crippen LogP contribution in [0, 0.1) is 0 Å². The molecule has 2 N–H and O–H groups in total. The number of benzene rings is 2. The molecule has 9 nitrogen and oxygen atoms in total. The summed E-state index contributed by atoms with van der Waals surface area (Å²) in [4.78, 5) is 29.8. The molecule has 0 bridgehead atoms. The Balaban J connectivity index is 1.41. The molecule has 5 aromatic rings. The standard InChI is InChI=1S/C25H20Cl2N8OS/c26-18-2-1-3-19(27)23(18)35-24(36)17-12-30-25(32-21(17)22(33-35)20-13-29-14-37-20)31-15-4-6-16(7-5-15)34-10-8-28-9-11-34/h1-7,12-14,28H,8-11H2,(H,30,31,32). The van der Waals surface area contributed by atoms with Gasteiger partial charge < -0.3 is 15.5 Å². The second kappa shape index (κ2) is 10.1. The van der Waals surface area contributed by atoms with Crippen LogP contribution in [0.1, 0.15) is 0 Å². The second-order valence-corrected chi connectivity index (χ2v) is 10.1. The zero-order valence-corrected chi connectivity index (χ0v) is 21.7. The summed E-state index contributed by atoms with van der Waals surface area (Å²) in [5.41, 5.74) is 4.46. The van der Waals surface area contributed by atoms with Gasteiger partial charge in [-0.25, -0.2) is 9.97 Å². The molecule has 0 aliphatic carbocycles. The minimum atomic E-state index is -0.426. The van der Waals surface area contributed by atoms with Crippen LogP contribution < -0.4 is 21.1 Å². The number of halogens is 2. The number of nitrogens with one attached hydrogen (secondary N) is 2. The van der Waals surface area contributed by atoms with Crippen LogP contribution in [-0.2, 0) is 0 Å². The highest BCUT2D eigenvalue weighted by molar-refractivity contribution is 7.13. The number of aromatic nitrogens is 5. The zero-order valence-electron chi connectivity index (χ0n) is 19.4. The van der Waals surface area contributed by atoms with Crippen LogP contribution in [0.3, 0.4) is 0 Å². The Morgan fingerprint density at radius 2 is 1.76 bits per heavy atom. The Morgan fingerprint density at radius 1 is 1.00 bits per heavy atom. The smallest absolute Gasteiger partial charge is 0.282 e. The number of anilines is 3. The first-order valence-electron chi connectivity index (χ1n) is 11.5. The lowest BCUT2D eigenvalue weighted by Gasteiger charge is -2.29. The maximum Gasteiger partial charge on any atom is 0.282 e. The van der Waals surface area contributed by atoms with Crippen molar-refractivity contribution in [1.82, 2.24) is 30.0 Å². The number of nitrogens with zero attached hydrogens (tertiary/aromatic N) is 6. The van der Waals surface area contributed by atoms with Crippen molar-refractivity contribution in [2.24, 2.45) is 0 Å². The van der Waals surface area contributed by atoms with Gasteiger partial charge in [-0.2, -0.15) is 9.78 Å². The molecule has 0 spiro atoms. The molecule has 2 aromatic carbocycles. The van der Waals surface area contributed by atoms with Gasteiger partial charge in [0.25, 0.3) is 5.56 Å². The van der Waals surface area contributed by atoms with E-state index in [1.807, 2.05) is 12.1 Å². The van der Waals surface area contributed by atoms with Crippen molar-refractivity contribution in [2.45, 2.75) is 0 Å². The zero-order chi connectivity index (χ0) is 25.4. The van der Waals surface area contributed by atoms with Gasteiger partial charge in [-0.3, -0.25) is 9.78 Å². The minimum Gasteiger partial charge on any atom is -0.369 e. The van der Waals surface area contributed by atoms with Crippen LogP contribution in [-0.4, -0.2) is 50.9 Å². The third-order valence-corrected chi connectivity index (χ3v) is 7.45. The minimum absolute atomic E-state index is 0.286. The van der Waals surface area contributed by atoms with Crippen molar-refractivity contribution >= 4 is 62.8 Å². The van der Waals surface area contributed by atoms with Crippen molar-refractivity contribution in [1.29, 1.82) is 0 Å². The lowest BCUT2D eigenvalue weighted by molar-refractivity contribution is 0.589. The second-order valence-electron chi connectivity index (χ2n) is 8.37. The van der Waals surface area contributed by atoms with Crippen LogP contribution in [0.4, 0.5) is 17.3 Å². The van der Waals surface area contributed by atoms with E-state index in [4.69, 9.17) is 23.2 Å². The third kappa shape index (κ3) is 4.64. The van der Waals surface area contributed by atoms with E-state index >= 15 is 0 Å². The topological polar surface area (TPSA) is 101 Å². The summed E-state index contributed by atoms with van der Waals surface area (Å²) < 4.78 is 1.20. The number of thiazole rings is 1. The lowest BCUT2D eigenvalue weighted by atomic mass is 10.2. The molecule has 186 valence electrons. The van der Waals surface area contributed by atoms with Gasteiger partial charge in [0.05, 0.1) is 25.8 Å². The largest absolute Gasteiger partial charge is 0.369 e. The van der Waals surface area contributed by atoms with E-state index in [2.05, 4.69) is 47.7 Å². The van der Waals surface area contributed by atoms with Gasteiger partial charge in [0.1, 0.15) is 16.9 Å². The number of piperazine rings is 1. The van der Waals surface area contributed by atoms with Gasteiger partial charge in [-0.05, 0) is 36.4 Å². The molecule has 0 amide bonds. The summed E-state index contributed by atoms with van der Waals surface area (Å²) in [6.45, 7) is 3.91. The number of hydrogen-bond acceptors (Lipinski definition) is 9. The fourth-order valence-corrected chi connectivity index (χ4v) is 5.40. The molecule has 1 aliphatic rings. The predicted octanol–water partition coefficient (Wildman–Crippen LogP) is 4.76. The van der Waals surface area contributed by atoms with E-state index in [0.29, 0.717) is 32.9 Å². The van der Waals surface area contributed by atoms with Crippen molar-refractivity contribution < 1.29 is 0 Å². The summed E-state index contributed by atoms with van der Waals surface area (Å²) >= 11 is 14.2. The quantitative estimate of drug-likeness (QED) is 0.323. The van der Waals surface area contributed by atoms with E-state index in [0.717, 1.165) is 36.7 Å². The molecule has 3 aromatic heterocycles. The molecular weight excluding hydrogens is 531 g/mol. The van der Waals surface area contributed by atoms with Crippen LogP contribution >= 0.6 is 34.5 Å². The molecule has 0 atom stereocenters. The monoisotopic (exact) mass is 550 g/mol. The summed E-state index contributed by atoms with van der Waals surface area (Å²) in [5, 5.41) is 12.1. The average molecular weight is 551 g/mol. The van der Waals surface area contributed by atoms with E-state index < -0.39 is 5.56 Å². The highest BCUT2D eigenvalue weighted by atomic mass is 35.5. The van der Waals surface area contributed by atoms with Crippen LogP contribution in [0.25, 0.3) is 27.2 Å². The predicted molar refractivity (Wildman–Crippen MR) is 149 cm³/mol. The van der Waals surface area contributed by atoms with Gasteiger partial charge in [0.15, 0.2) is 0 Å². The van der Waals surface area contributed by atoms with Gasteiger partial charge >= 0.3 is 0 Å². The fraction of sp³-hybridized carbons (Fsp3) is 0.160. The summed E-state index contributed by atoms with van der Waals surface area (Å²) in [6.07, 6.45) is 3.18. The van der Waals surface area contributed by atoms with Crippen LogP contribution in [0.15, 0.2) is 65.2 Å². The average Bonchev–Trinajstić information content (AvgIpc) is 3.46. The molecule has 37 heavy (non-hydrogen) atoms. The number of hydrogen-bond donors (Lipinski definition) is 2. The Kier molecular flexibility index (Phi) is 6.47. The molecule has 12 heteroatoms. The maximum atomic E-state index is 13.5. The van der Waals surface area contributed by atoms with Crippen LogP contribution in [0.2, 0.25) is 10.0 Å². The van der Waals surface area contributed by atoms with Gasteiger partial charge in [-0.1, -0.05) is 29.3 Å². The van der Waals surface area contributed by atoms with Crippen molar-refractivity contribution in [2.75, 3.05) is 36.4 Å². The first kappa shape index (κ1) is 23.8. The summed E-state index contributed by atoms with van der Waals surface area (Å²) in [6, 6.07) is 13.2. The van der Waals surface area contributed by atoms with Crippen molar-refractivity contribution in [3.8, 4) is 16.3 Å². The van der Waals surface area contributed by atoms with Gasteiger partial charge in [0, 0.05) is 49.9 Å². The highest BCUT2D eigenvalue weighted by Gasteiger charge is 2.20. The Morgan fingerprint density at radius 3 is 2.46 bits per heavy atom. The first-order chi connectivity index (χ1) is 18.1. The van der Waals surface area contributed by atoms with E-state index in [1.165, 1.54) is 27.9 Å². The third-order valence-electron chi connectivity index (χ3n) is 6.06. The molecule has 1 fully saturated rings. The normalized spacial score (nSPS) is 13.7. The van der Waals surface area contributed by atoms with Crippen LogP contribution in [0.5, 0.6) is 0 Å². The maximum absolute atomic E-state index is 13.5. The summed E-state index contributed by atoms with van der Waals surface area (Å²) in [7, 11) is 0. The number of para-hydroxylation sites is 1. The fourth-order valence-electron chi connectivity index (χ4n) is 4.24. The Hall–Kier alpha value is -3.57. The molecule has 0 unspecified atom stereocenters. The first-order valence-corrected chi connectivity index (χ1v) is 13.2. The lowest BCUT2D eigenvalue weighted by Crippen LogP contribution is -2.43. The van der Waals surface area contributed by atoms with E-state index in [-0.39, 0.29) is 5.39 Å². The van der Waals surface area contributed by atoms with E-state index in [9.17, 15) is 4.79 Å². The molecule has 4 heterocycles. The molecule has 1 aliphatic heterocycles. The molecule has 0 radical (unpaired) electrons. The molecular formula is C25H20Cl2N8OS. The molecule has 0 saturated carbocycles. The SMILES string of the molecule is O=c1c2cnc(Nc3ccc(N4CCNCC4)cc3)nc2c(-c2cncs2)nn1-c1c(Cl)cccc1Cl. The van der Waals surface area contributed by atoms with Gasteiger partial charge in [0.2, 0.25) is 5.95 Å². The number of fused-ring (bicyclic) bond motifs is 1. The highest BCUT2D eigenvalue weighted by Crippen LogP contribution is 2.31.